The zero-order valence-electron chi connectivity index (χ0n) is 16.3. The molecular weight excluding hydrogens is 394 g/mol. The van der Waals surface area contributed by atoms with Gasteiger partial charge < -0.3 is 14.3 Å². The molecule has 1 saturated heterocycles. The molecule has 0 spiro atoms. The van der Waals surface area contributed by atoms with Crippen LogP contribution in [0.25, 0.3) is 0 Å². The number of nitrogens with zero attached hydrogens (tertiary/aromatic N) is 3. The van der Waals surface area contributed by atoms with E-state index in [0.717, 1.165) is 4.90 Å². The number of hydrogen-bond donors (Lipinski definition) is 0. The van der Waals surface area contributed by atoms with E-state index in [1.807, 2.05) is 0 Å². The zero-order valence-corrected chi connectivity index (χ0v) is 16.3. The van der Waals surface area contributed by atoms with Gasteiger partial charge in [0.25, 0.3) is 11.6 Å². The van der Waals surface area contributed by atoms with Crippen molar-refractivity contribution in [3.05, 3.63) is 57.6 Å². The van der Waals surface area contributed by atoms with Crippen LogP contribution in [-0.2, 0) is 14.4 Å². The van der Waals surface area contributed by atoms with Gasteiger partial charge in [0.2, 0.25) is 12.0 Å². The molecule has 0 aromatic heterocycles. The van der Waals surface area contributed by atoms with Crippen LogP contribution in [0.3, 0.4) is 0 Å². The molecular formula is C20H17N3O7. The Bertz CT molecular complexity index is 1110. The van der Waals surface area contributed by atoms with E-state index in [-0.39, 0.29) is 17.1 Å². The van der Waals surface area contributed by atoms with Crippen LogP contribution < -0.4 is 14.4 Å². The second kappa shape index (κ2) is 7.14. The number of aryl methyl sites for hydroxylation is 1. The molecule has 2 aliphatic heterocycles. The van der Waals surface area contributed by atoms with E-state index in [1.54, 1.807) is 25.1 Å². The molecule has 2 amide bonds. The molecule has 10 nitrogen and oxygen atoms in total. The highest BCUT2D eigenvalue weighted by Crippen LogP contribution is 2.40. The fourth-order valence-electron chi connectivity index (χ4n) is 3.68. The quantitative estimate of drug-likeness (QED) is 0.420. The first-order valence-electron chi connectivity index (χ1n) is 8.97. The summed E-state index contributed by atoms with van der Waals surface area (Å²) in [6, 6.07) is 9.26. The summed E-state index contributed by atoms with van der Waals surface area (Å²) in [6.07, 6.45) is -1.15. The molecule has 154 valence electrons. The fourth-order valence-corrected chi connectivity index (χ4v) is 3.68. The van der Waals surface area contributed by atoms with Gasteiger partial charge in [-0.05, 0) is 25.1 Å². The number of ether oxygens (including phenoxy) is 2. The summed E-state index contributed by atoms with van der Waals surface area (Å²) >= 11 is 0. The average Bonchev–Trinajstić information content (AvgIpc) is 3.28. The average molecular weight is 411 g/mol. The summed E-state index contributed by atoms with van der Waals surface area (Å²) < 4.78 is 10.7. The van der Waals surface area contributed by atoms with E-state index >= 15 is 0 Å². The van der Waals surface area contributed by atoms with Crippen molar-refractivity contribution in [3.8, 4) is 11.5 Å². The topological polar surface area (TPSA) is 121 Å². The molecule has 0 saturated carbocycles. The number of hydrogen-bond acceptors (Lipinski definition) is 8. The van der Waals surface area contributed by atoms with Gasteiger partial charge in [0.05, 0.1) is 24.8 Å². The molecule has 0 bridgehead atoms. The number of carbonyl (C=O) groups is 2. The lowest BCUT2D eigenvalue weighted by Crippen LogP contribution is -2.33. The maximum absolute atomic E-state index is 13.2. The molecule has 1 fully saturated rings. The Balaban J connectivity index is 1.75. The van der Waals surface area contributed by atoms with Crippen molar-refractivity contribution < 1.29 is 28.8 Å². The largest absolute Gasteiger partial charge is 0.493 e. The number of oxime groups is 1. The van der Waals surface area contributed by atoms with Gasteiger partial charge >= 0.3 is 0 Å². The predicted octanol–water partition coefficient (Wildman–Crippen LogP) is 2.21. The summed E-state index contributed by atoms with van der Waals surface area (Å²) in [5, 5.41) is 15.2. The fraction of sp³-hybridized carbons (Fsp3) is 0.250. The van der Waals surface area contributed by atoms with Gasteiger partial charge in [-0.1, -0.05) is 17.3 Å². The van der Waals surface area contributed by atoms with Crippen molar-refractivity contribution in [3.63, 3.8) is 0 Å². The molecule has 0 unspecified atom stereocenters. The Morgan fingerprint density at radius 2 is 1.90 bits per heavy atom. The number of nitro groups is 1. The van der Waals surface area contributed by atoms with Crippen molar-refractivity contribution in [1.29, 1.82) is 0 Å². The van der Waals surface area contributed by atoms with Gasteiger partial charge in [-0.2, -0.15) is 0 Å². The standard InChI is InChI=1S/C20H17N3O7/c1-10-7-8-11(9-13(10)23(26)27)22-19(24)15-16(21-30-18(15)20(22)25)12-5-4-6-14(28-2)17(12)29-3/h4-9,15,18H,1-3H3/t15-,18-/m1/s1. The van der Waals surface area contributed by atoms with Gasteiger partial charge in [-0.15, -0.1) is 0 Å². The van der Waals surface area contributed by atoms with Crippen molar-refractivity contribution in [2.24, 2.45) is 11.1 Å². The number of nitro benzene ring substituents is 1. The van der Waals surface area contributed by atoms with Crippen LogP contribution in [0.4, 0.5) is 11.4 Å². The number of anilines is 1. The van der Waals surface area contributed by atoms with Crippen molar-refractivity contribution in [2.75, 3.05) is 19.1 Å². The van der Waals surface area contributed by atoms with Crippen molar-refractivity contribution in [2.45, 2.75) is 13.0 Å². The number of fused-ring (bicyclic) bond motifs is 1. The minimum Gasteiger partial charge on any atom is -0.493 e. The Morgan fingerprint density at radius 3 is 2.57 bits per heavy atom. The maximum Gasteiger partial charge on any atom is 0.278 e. The van der Waals surface area contributed by atoms with Crippen LogP contribution in [0.15, 0.2) is 41.6 Å². The van der Waals surface area contributed by atoms with Gasteiger partial charge in [0, 0.05) is 17.2 Å². The van der Waals surface area contributed by atoms with Gasteiger partial charge in [0.1, 0.15) is 11.6 Å². The summed E-state index contributed by atoms with van der Waals surface area (Å²) in [6.45, 7) is 1.58. The third-order valence-electron chi connectivity index (χ3n) is 5.14. The number of para-hydroxylation sites is 1. The molecule has 0 aliphatic carbocycles. The second-order valence-corrected chi connectivity index (χ2v) is 6.76. The number of methoxy groups -OCH3 is 2. The summed E-state index contributed by atoms with van der Waals surface area (Å²) in [5.74, 6) is -1.43. The molecule has 10 heteroatoms. The van der Waals surface area contributed by atoms with E-state index < -0.39 is 28.8 Å². The summed E-state index contributed by atoms with van der Waals surface area (Å²) in [5.41, 5.74) is 1.04. The molecule has 2 aromatic rings. The van der Waals surface area contributed by atoms with Gasteiger partial charge in [0.15, 0.2) is 11.5 Å². The van der Waals surface area contributed by atoms with Crippen LogP contribution in [0.5, 0.6) is 11.5 Å². The van der Waals surface area contributed by atoms with Gasteiger partial charge in [-0.25, -0.2) is 4.90 Å². The van der Waals surface area contributed by atoms with E-state index in [9.17, 15) is 19.7 Å². The summed E-state index contributed by atoms with van der Waals surface area (Å²) in [4.78, 5) is 43.0. The monoisotopic (exact) mass is 411 g/mol. The third kappa shape index (κ3) is 2.76. The Hall–Kier alpha value is -3.95. The maximum atomic E-state index is 13.2. The lowest BCUT2D eigenvalue weighted by Gasteiger charge is -2.16. The first-order chi connectivity index (χ1) is 14.4. The third-order valence-corrected chi connectivity index (χ3v) is 5.14. The lowest BCUT2D eigenvalue weighted by atomic mass is 9.93. The molecule has 4 rings (SSSR count). The molecule has 0 N–H and O–H groups in total. The van der Waals surface area contributed by atoms with Crippen LogP contribution >= 0.6 is 0 Å². The molecule has 2 atom stereocenters. The number of rotatable bonds is 5. The van der Waals surface area contributed by atoms with Crippen molar-refractivity contribution >= 4 is 28.9 Å². The van der Waals surface area contributed by atoms with Crippen LogP contribution in [0.2, 0.25) is 0 Å². The highest BCUT2D eigenvalue weighted by atomic mass is 16.7. The molecule has 30 heavy (non-hydrogen) atoms. The zero-order chi connectivity index (χ0) is 21.6. The normalized spacial score (nSPS) is 20.0. The van der Waals surface area contributed by atoms with E-state index in [0.29, 0.717) is 22.6 Å². The number of imide groups is 1. The number of carbonyl (C=O) groups excluding carboxylic acids is 2. The molecule has 2 aromatic carbocycles. The minimum absolute atomic E-state index is 0.109. The number of amides is 2. The lowest BCUT2D eigenvalue weighted by molar-refractivity contribution is -0.385. The highest BCUT2D eigenvalue weighted by Gasteiger charge is 2.56. The van der Waals surface area contributed by atoms with Gasteiger partial charge in [-0.3, -0.25) is 19.7 Å². The SMILES string of the molecule is COc1cccc(C2=NO[C@H]3C(=O)N(c4ccc(C)c([N+](=O)[O-])c4)C(=O)[C@H]23)c1OC. The Labute approximate surface area is 170 Å². The Kier molecular flexibility index (Phi) is 4.61. The first kappa shape index (κ1) is 19.4. The van der Waals surface area contributed by atoms with Crippen LogP contribution in [0, 0.1) is 23.0 Å². The molecule has 2 heterocycles. The predicted molar refractivity (Wildman–Crippen MR) is 105 cm³/mol. The van der Waals surface area contributed by atoms with Crippen LogP contribution in [-0.4, -0.2) is 42.8 Å². The molecule has 2 aliphatic rings. The van der Waals surface area contributed by atoms with E-state index in [4.69, 9.17) is 14.3 Å². The first-order valence-corrected chi connectivity index (χ1v) is 8.97. The number of benzene rings is 2. The minimum atomic E-state index is -1.15. The Morgan fingerprint density at radius 1 is 1.13 bits per heavy atom. The highest BCUT2D eigenvalue weighted by molar-refractivity contribution is 6.32. The van der Waals surface area contributed by atoms with Crippen molar-refractivity contribution in [1.82, 2.24) is 0 Å². The smallest absolute Gasteiger partial charge is 0.278 e. The molecule has 0 radical (unpaired) electrons. The van der Waals surface area contributed by atoms with E-state index in [1.165, 1.54) is 32.4 Å². The van der Waals surface area contributed by atoms with Crippen LogP contribution in [0.1, 0.15) is 11.1 Å². The summed E-state index contributed by atoms with van der Waals surface area (Å²) in [7, 11) is 2.93. The van der Waals surface area contributed by atoms with E-state index in [2.05, 4.69) is 5.16 Å². The second-order valence-electron chi connectivity index (χ2n) is 6.76.